The van der Waals surface area contributed by atoms with Gasteiger partial charge in [0.25, 0.3) is 0 Å². The maximum atomic E-state index is 13.6. The van der Waals surface area contributed by atoms with Gasteiger partial charge in [-0.05, 0) is 71.6 Å². The zero-order valence-corrected chi connectivity index (χ0v) is 20.2. The van der Waals surface area contributed by atoms with Gasteiger partial charge in [0, 0.05) is 22.0 Å². The van der Waals surface area contributed by atoms with E-state index in [4.69, 9.17) is 9.47 Å². The molecule has 1 atom stereocenters. The van der Waals surface area contributed by atoms with Gasteiger partial charge in [0.2, 0.25) is 0 Å². The molecule has 1 aliphatic carbocycles. The highest BCUT2D eigenvalue weighted by Gasteiger charge is 2.50. The van der Waals surface area contributed by atoms with Crippen LogP contribution in [0.4, 0.5) is 14.0 Å². The van der Waals surface area contributed by atoms with E-state index in [0.717, 1.165) is 0 Å². The Bertz CT molecular complexity index is 923. The van der Waals surface area contributed by atoms with Gasteiger partial charge in [0.15, 0.2) is 5.60 Å². The lowest BCUT2D eigenvalue weighted by molar-refractivity contribution is -0.0792. The van der Waals surface area contributed by atoms with Crippen LogP contribution in [0, 0.1) is 5.82 Å². The number of benzene rings is 1. The summed E-state index contributed by atoms with van der Waals surface area (Å²) in [6.45, 7) is 7.29. The second kappa shape index (κ2) is 8.97. The summed E-state index contributed by atoms with van der Waals surface area (Å²) in [5, 5.41) is 18.1. The number of halogens is 2. The van der Waals surface area contributed by atoms with Gasteiger partial charge in [-0.25, -0.2) is 19.4 Å². The summed E-state index contributed by atoms with van der Waals surface area (Å²) in [5.41, 5.74) is 0.849. The number of rotatable bonds is 4. The third kappa shape index (κ3) is 5.78. The van der Waals surface area contributed by atoms with Crippen LogP contribution in [0.25, 0.3) is 0 Å². The zero-order chi connectivity index (χ0) is 23.7. The predicted octanol–water partition coefficient (Wildman–Crippen LogP) is 4.38. The molecule has 1 fully saturated rings. The van der Waals surface area contributed by atoms with Crippen LogP contribution in [0.5, 0.6) is 0 Å². The molecule has 1 spiro atoms. The van der Waals surface area contributed by atoms with Crippen molar-refractivity contribution in [3.63, 3.8) is 0 Å². The van der Waals surface area contributed by atoms with E-state index in [0.29, 0.717) is 41.4 Å². The highest BCUT2D eigenvalue weighted by Crippen LogP contribution is 2.43. The van der Waals surface area contributed by atoms with Crippen LogP contribution in [0.15, 0.2) is 27.8 Å². The van der Waals surface area contributed by atoms with Crippen molar-refractivity contribution >= 4 is 33.8 Å². The van der Waals surface area contributed by atoms with Gasteiger partial charge in [-0.15, -0.1) is 0 Å². The summed E-state index contributed by atoms with van der Waals surface area (Å²) in [6.07, 6.45) is -0.206. The van der Waals surface area contributed by atoms with Crippen LogP contribution >= 0.6 is 15.9 Å². The Kier molecular flexibility index (Phi) is 6.86. The molecule has 3 rings (SSSR count). The van der Waals surface area contributed by atoms with Gasteiger partial charge in [-0.1, -0.05) is 15.9 Å². The molecule has 1 aromatic carbocycles. The molecule has 0 radical (unpaired) electrons. The topological polar surface area (TPSA) is 109 Å². The lowest BCUT2D eigenvalue weighted by Crippen LogP contribution is -2.55. The van der Waals surface area contributed by atoms with E-state index in [9.17, 15) is 19.1 Å². The molecule has 0 unspecified atom stereocenters. The molecular weight excluding hydrogens is 485 g/mol. The van der Waals surface area contributed by atoms with E-state index in [1.807, 2.05) is 20.8 Å². The minimum Gasteiger partial charge on any atom is -0.446 e. The van der Waals surface area contributed by atoms with Crippen LogP contribution < -0.4 is 10.7 Å². The van der Waals surface area contributed by atoms with Crippen molar-refractivity contribution in [3.8, 4) is 0 Å². The standard InChI is InChI=1S/C22H29BrFN3O5/c1-13(31-18(28)25-20(2,3)4)12-21(30)7-9-22(10-8-21)17(26-27-19(29)32-22)15-6-5-14(24)11-16(15)23/h5-6,11,13,30H,7-10,12H2,1-4H3,(H,25,28)(H,27,29)/t13-,21?,22?/m0/s1. The van der Waals surface area contributed by atoms with Crippen molar-refractivity contribution in [2.24, 2.45) is 5.10 Å². The Morgan fingerprint density at radius 1 is 1.38 bits per heavy atom. The van der Waals surface area contributed by atoms with Gasteiger partial charge < -0.3 is 19.9 Å². The highest BCUT2D eigenvalue weighted by atomic mass is 79.9. The maximum absolute atomic E-state index is 13.6. The Morgan fingerprint density at radius 2 is 2.03 bits per heavy atom. The quantitative estimate of drug-likeness (QED) is 0.553. The zero-order valence-electron chi connectivity index (χ0n) is 18.6. The molecule has 1 aromatic rings. The molecule has 1 heterocycles. The predicted molar refractivity (Wildman–Crippen MR) is 120 cm³/mol. The van der Waals surface area contributed by atoms with Crippen molar-refractivity contribution in [1.29, 1.82) is 0 Å². The van der Waals surface area contributed by atoms with Crippen LogP contribution in [0.1, 0.15) is 65.4 Å². The summed E-state index contributed by atoms with van der Waals surface area (Å²) in [5.74, 6) is -0.404. The van der Waals surface area contributed by atoms with E-state index in [2.05, 4.69) is 31.8 Å². The summed E-state index contributed by atoms with van der Waals surface area (Å²) in [6, 6.07) is 4.21. The first-order valence-electron chi connectivity index (χ1n) is 10.5. The van der Waals surface area contributed by atoms with Crippen LogP contribution in [-0.2, 0) is 9.47 Å². The summed E-state index contributed by atoms with van der Waals surface area (Å²) < 4.78 is 25.1. The summed E-state index contributed by atoms with van der Waals surface area (Å²) in [4.78, 5) is 24.0. The number of carbonyl (C=O) groups is 2. The second-order valence-electron chi connectivity index (χ2n) is 9.60. The number of ether oxygens (including phenoxy) is 2. The molecule has 10 heteroatoms. The second-order valence-corrected chi connectivity index (χ2v) is 10.5. The van der Waals surface area contributed by atoms with Crippen LogP contribution in [0.2, 0.25) is 0 Å². The first-order valence-corrected chi connectivity index (χ1v) is 11.3. The van der Waals surface area contributed by atoms with Gasteiger partial charge in [0.1, 0.15) is 17.6 Å². The summed E-state index contributed by atoms with van der Waals surface area (Å²) >= 11 is 3.35. The van der Waals surface area contributed by atoms with Gasteiger partial charge in [-0.2, -0.15) is 5.10 Å². The van der Waals surface area contributed by atoms with Crippen LogP contribution in [-0.4, -0.2) is 45.8 Å². The number of hydrogen-bond acceptors (Lipinski definition) is 6. The molecule has 32 heavy (non-hydrogen) atoms. The number of alkyl carbamates (subject to hydrolysis) is 1. The Labute approximate surface area is 195 Å². The van der Waals surface area contributed by atoms with Gasteiger partial charge in [-0.3, -0.25) is 0 Å². The largest absolute Gasteiger partial charge is 0.446 e. The van der Waals surface area contributed by atoms with Gasteiger partial charge >= 0.3 is 12.2 Å². The van der Waals surface area contributed by atoms with Crippen molar-refractivity contribution < 1.29 is 28.6 Å². The average Bonchev–Trinajstić information content (AvgIpc) is 2.64. The van der Waals surface area contributed by atoms with E-state index < -0.39 is 40.8 Å². The third-order valence-electron chi connectivity index (χ3n) is 5.61. The fourth-order valence-corrected chi connectivity index (χ4v) is 4.74. The minimum absolute atomic E-state index is 0.250. The summed E-state index contributed by atoms with van der Waals surface area (Å²) in [7, 11) is 0. The smallest absolute Gasteiger partial charge is 0.428 e. The van der Waals surface area contributed by atoms with Crippen molar-refractivity contribution in [3.05, 3.63) is 34.1 Å². The van der Waals surface area contributed by atoms with E-state index in [1.54, 1.807) is 13.0 Å². The third-order valence-corrected chi connectivity index (χ3v) is 6.26. The van der Waals surface area contributed by atoms with E-state index in [1.165, 1.54) is 12.1 Å². The molecular formula is C22H29BrFN3O5. The number of aliphatic hydroxyl groups is 1. The molecule has 0 aromatic heterocycles. The minimum atomic E-state index is -1.09. The Hall–Kier alpha value is -2.20. The fourth-order valence-electron chi connectivity index (χ4n) is 4.20. The number of nitrogens with one attached hydrogen (secondary N) is 2. The number of hydrogen-bond donors (Lipinski definition) is 3. The molecule has 0 bridgehead atoms. The van der Waals surface area contributed by atoms with Crippen molar-refractivity contribution in [1.82, 2.24) is 10.7 Å². The Morgan fingerprint density at radius 3 is 2.62 bits per heavy atom. The monoisotopic (exact) mass is 513 g/mol. The van der Waals surface area contributed by atoms with Gasteiger partial charge in [0.05, 0.1) is 5.60 Å². The van der Waals surface area contributed by atoms with E-state index in [-0.39, 0.29) is 6.42 Å². The SMILES string of the molecule is C[C@@H](CC1(O)CCC2(CC1)OC(=O)NN=C2c1ccc(F)cc1Br)OC(=O)NC(C)(C)C. The molecule has 1 aliphatic heterocycles. The maximum Gasteiger partial charge on any atom is 0.428 e. The number of nitrogens with zero attached hydrogens (tertiary/aromatic N) is 1. The molecule has 2 aliphatic rings. The van der Waals surface area contributed by atoms with Crippen LogP contribution in [0.3, 0.4) is 0 Å². The molecule has 3 N–H and O–H groups in total. The average molecular weight is 514 g/mol. The normalized spacial score (nSPS) is 26.6. The number of hydrazone groups is 1. The molecule has 1 saturated carbocycles. The Balaban J connectivity index is 1.71. The first kappa shape index (κ1) is 24.4. The first-order chi connectivity index (χ1) is 14.8. The van der Waals surface area contributed by atoms with Crippen molar-refractivity contribution in [2.45, 2.75) is 82.6 Å². The number of carbonyl (C=O) groups excluding carboxylic acids is 2. The van der Waals surface area contributed by atoms with Crippen molar-refractivity contribution in [2.75, 3.05) is 0 Å². The molecule has 0 saturated heterocycles. The molecule has 176 valence electrons. The lowest BCUT2D eigenvalue weighted by atomic mass is 9.70. The number of amides is 2. The highest BCUT2D eigenvalue weighted by molar-refractivity contribution is 9.10. The molecule has 8 nitrogen and oxygen atoms in total. The fraction of sp³-hybridized carbons (Fsp3) is 0.591. The lowest BCUT2D eigenvalue weighted by Gasteiger charge is -2.45. The molecule has 2 amide bonds. The van der Waals surface area contributed by atoms with E-state index >= 15 is 0 Å².